The molecule has 2 aromatic heterocycles. The first-order valence-corrected chi connectivity index (χ1v) is 9.82. The van der Waals surface area contributed by atoms with E-state index < -0.39 is 0 Å². The second-order valence-corrected chi connectivity index (χ2v) is 7.55. The first-order valence-electron chi connectivity index (χ1n) is 9.82. The van der Waals surface area contributed by atoms with Gasteiger partial charge in [0.2, 0.25) is 0 Å². The van der Waals surface area contributed by atoms with E-state index in [0.717, 1.165) is 37.4 Å². The van der Waals surface area contributed by atoms with Gasteiger partial charge in [-0.05, 0) is 38.3 Å². The van der Waals surface area contributed by atoms with Gasteiger partial charge in [-0.3, -0.25) is 14.2 Å². The van der Waals surface area contributed by atoms with Crippen LogP contribution in [0.2, 0.25) is 0 Å². The van der Waals surface area contributed by atoms with Gasteiger partial charge in [-0.2, -0.15) is 10.2 Å². The lowest BCUT2D eigenvalue weighted by atomic mass is 9.87. The molecule has 1 amide bonds. The lowest BCUT2D eigenvalue weighted by Crippen LogP contribution is -2.32. The molecule has 1 atom stereocenters. The summed E-state index contributed by atoms with van der Waals surface area (Å²) in [5.41, 5.74) is 1.55. The minimum absolute atomic E-state index is 0. The van der Waals surface area contributed by atoms with E-state index in [2.05, 4.69) is 20.8 Å². The molecule has 2 N–H and O–H groups in total. The van der Waals surface area contributed by atoms with E-state index in [1.54, 1.807) is 10.7 Å². The molecule has 7 nitrogen and oxygen atoms in total. The Labute approximate surface area is 166 Å². The van der Waals surface area contributed by atoms with E-state index in [9.17, 15) is 4.79 Å². The standard InChI is InChI=1S/C19H28N6O.ClH/c1-24-18(12-17(22-24)14-6-3-2-4-7-14)21-19(26)16-9-11-25(23-16)15-8-5-10-20-13-15;/h9,11-12,14-15,20H,2-8,10,13H2,1H3,(H,21,26);1H. The van der Waals surface area contributed by atoms with Crippen LogP contribution in [0.5, 0.6) is 0 Å². The molecular weight excluding hydrogens is 364 g/mol. The number of piperidine rings is 1. The normalized spacial score (nSPS) is 20.9. The Morgan fingerprint density at radius 1 is 1.19 bits per heavy atom. The van der Waals surface area contributed by atoms with Gasteiger partial charge in [0.25, 0.3) is 5.91 Å². The Bertz CT molecular complexity index is 758. The fourth-order valence-corrected chi connectivity index (χ4v) is 4.11. The van der Waals surface area contributed by atoms with Crippen LogP contribution in [-0.4, -0.2) is 38.6 Å². The van der Waals surface area contributed by atoms with Gasteiger partial charge in [-0.1, -0.05) is 19.3 Å². The molecule has 0 aromatic carbocycles. The molecule has 27 heavy (non-hydrogen) atoms. The van der Waals surface area contributed by atoms with Crippen molar-refractivity contribution >= 4 is 24.1 Å². The fourth-order valence-electron chi connectivity index (χ4n) is 4.11. The van der Waals surface area contributed by atoms with Gasteiger partial charge in [0, 0.05) is 31.8 Å². The Morgan fingerprint density at radius 3 is 2.74 bits per heavy atom. The Hall–Kier alpha value is -1.86. The first-order chi connectivity index (χ1) is 12.7. The number of halogens is 1. The number of hydrogen-bond acceptors (Lipinski definition) is 4. The van der Waals surface area contributed by atoms with Crippen LogP contribution < -0.4 is 10.6 Å². The van der Waals surface area contributed by atoms with Crippen LogP contribution in [0.25, 0.3) is 0 Å². The van der Waals surface area contributed by atoms with Crippen molar-refractivity contribution in [3.8, 4) is 0 Å². The Morgan fingerprint density at radius 2 is 2.00 bits per heavy atom. The third kappa shape index (κ3) is 4.52. The zero-order chi connectivity index (χ0) is 17.9. The Kier molecular flexibility index (Phi) is 6.55. The summed E-state index contributed by atoms with van der Waals surface area (Å²) in [6.07, 6.45) is 10.4. The van der Waals surface area contributed by atoms with Crippen LogP contribution in [0, 0.1) is 0 Å². The second-order valence-electron chi connectivity index (χ2n) is 7.55. The van der Waals surface area contributed by atoms with E-state index >= 15 is 0 Å². The summed E-state index contributed by atoms with van der Waals surface area (Å²) >= 11 is 0. The zero-order valence-corrected chi connectivity index (χ0v) is 16.7. The first kappa shape index (κ1) is 19.9. The van der Waals surface area contributed by atoms with Gasteiger partial charge >= 0.3 is 0 Å². The topological polar surface area (TPSA) is 76.8 Å². The minimum atomic E-state index is -0.175. The highest BCUT2D eigenvalue weighted by Gasteiger charge is 2.21. The van der Waals surface area contributed by atoms with E-state index in [4.69, 9.17) is 0 Å². The van der Waals surface area contributed by atoms with Crippen molar-refractivity contribution in [2.45, 2.75) is 56.9 Å². The number of nitrogens with one attached hydrogen (secondary N) is 2. The number of amides is 1. The number of rotatable bonds is 4. The molecule has 1 aliphatic carbocycles. The maximum atomic E-state index is 12.6. The summed E-state index contributed by atoms with van der Waals surface area (Å²) < 4.78 is 3.68. The van der Waals surface area contributed by atoms with Crippen molar-refractivity contribution in [2.75, 3.05) is 18.4 Å². The van der Waals surface area contributed by atoms with Gasteiger partial charge in [-0.15, -0.1) is 12.4 Å². The van der Waals surface area contributed by atoms with Gasteiger partial charge < -0.3 is 10.6 Å². The maximum absolute atomic E-state index is 12.6. The lowest BCUT2D eigenvalue weighted by molar-refractivity contribution is 0.102. The van der Waals surface area contributed by atoms with E-state index in [1.165, 1.54) is 32.1 Å². The fraction of sp³-hybridized carbons (Fsp3) is 0.632. The van der Waals surface area contributed by atoms with Crippen LogP contribution >= 0.6 is 12.4 Å². The molecule has 4 rings (SSSR count). The molecule has 1 saturated carbocycles. The van der Waals surface area contributed by atoms with Crippen molar-refractivity contribution in [2.24, 2.45) is 7.05 Å². The molecule has 148 valence electrons. The van der Waals surface area contributed by atoms with Crippen LogP contribution in [0.1, 0.15) is 73.1 Å². The van der Waals surface area contributed by atoms with Crippen LogP contribution in [0.15, 0.2) is 18.3 Å². The Balaban J connectivity index is 0.00000210. The molecule has 2 aliphatic rings. The number of aryl methyl sites for hydroxylation is 1. The molecular formula is C19H29ClN6O. The molecule has 1 aliphatic heterocycles. The highest BCUT2D eigenvalue weighted by Crippen LogP contribution is 2.32. The molecule has 8 heteroatoms. The summed E-state index contributed by atoms with van der Waals surface area (Å²) in [5.74, 6) is 1.09. The summed E-state index contributed by atoms with van der Waals surface area (Å²) in [5, 5.41) is 15.5. The molecule has 3 heterocycles. The number of aromatic nitrogens is 4. The maximum Gasteiger partial charge on any atom is 0.277 e. The highest BCUT2D eigenvalue weighted by atomic mass is 35.5. The molecule has 2 fully saturated rings. The number of anilines is 1. The summed E-state index contributed by atoms with van der Waals surface area (Å²) in [6, 6.07) is 4.15. The van der Waals surface area contributed by atoms with Crippen LogP contribution in [-0.2, 0) is 7.05 Å². The molecule has 0 bridgehead atoms. The van der Waals surface area contributed by atoms with Gasteiger partial charge in [0.05, 0.1) is 11.7 Å². The van der Waals surface area contributed by atoms with Crippen molar-refractivity contribution in [3.63, 3.8) is 0 Å². The lowest BCUT2D eigenvalue weighted by Gasteiger charge is -2.22. The van der Waals surface area contributed by atoms with Gasteiger partial charge in [0.15, 0.2) is 5.69 Å². The highest BCUT2D eigenvalue weighted by molar-refractivity contribution is 6.02. The number of carbonyl (C=O) groups excluding carboxylic acids is 1. The SMILES string of the molecule is Cl.Cn1nc(C2CCCCC2)cc1NC(=O)c1ccn(C2CCCNC2)n1. The molecule has 2 aromatic rings. The minimum Gasteiger partial charge on any atom is -0.315 e. The van der Waals surface area contributed by atoms with E-state index in [0.29, 0.717) is 17.7 Å². The van der Waals surface area contributed by atoms with E-state index in [-0.39, 0.29) is 18.3 Å². The molecule has 1 saturated heterocycles. The molecule has 1 unspecified atom stereocenters. The average Bonchev–Trinajstić information content (AvgIpc) is 3.31. The number of nitrogens with zero attached hydrogens (tertiary/aromatic N) is 4. The third-order valence-corrected chi connectivity index (χ3v) is 5.65. The largest absolute Gasteiger partial charge is 0.315 e. The van der Waals surface area contributed by atoms with Crippen molar-refractivity contribution in [1.29, 1.82) is 0 Å². The average molecular weight is 393 g/mol. The van der Waals surface area contributed by atoms with Crippen molar-refractivity contribution in [1.82, 2.24) is 24.9 Å². The van der Waals surface area contributed by atoms with E-state index in [1.807, 2.05) is 24.0 Å². The van der Waals surface area contributed by atoms with Crippen molar-refractivity contribution in [3.05, 3.63) is 29.7 Å². The van der Waals surface area contributed by atoms with Gasteiger partial charge in [-0.25, -0.2) is 0 Å². The summed E-state index contributed by atoms with van der Waals surface area (Å²) in [4.78, 5) is 12.6. The van der Waals surface area contributed by atoms with Crippen LogP contribution in [0.4, 0.5) is 5.82 Å². The quantitative estimate of drug-likeness (QED) is 0.837. The summed E-state index contributed by atoms with van der Waals surface area (Å²) in [7, 11) is 1.88. The molecule has 0 radical (unpaired) electrons. The number of carbonyl (C=O) groups is 1. The monoisotopic (exact) mass is 392 g/mol. The molecule has 0 spiro atoms. The third-order valence-electron chi connectivity index (χ3n) is 5.65. The van der Waals surface area contributed by atoms with Gasteiger partial charge in [0.1, 0.15) is 5.82 Å². The van der Waals surface area contributed by atoms with Crippen LogP contribution in [0.3, 0.4) is 0 Å². The predicted octanol–water partition coefficient (Wildman–Crippen LogP) is 3.26. The predicted molar refractivity (Wildman–Crippen MR) is 108 cm³/mol. The van der Waals surface area contributed by atoms with Crippen molar-refractivity contribution < 1.29 is 4.79 Å². The zero-order valence-electron chi connectivity index (χ0n) is 15.9. The summed E-state index contributed by atoms with van der Waals surface area (Å²) in [6.45, 7) is 1.98. The smallest absolute Gasteiger partial charge is 0.277 e. The number of hydrogen-bond donors (Lipinski definition) is 2. The second kappa shape index (κ2) is 8.89.